The third-order valence-electron chi connectivity index (χ3n) is 1.35. The Hall–Kier alpha value is -1.39. The van der Waals surface area contributed by atoms with Crippen molar-refractivity contribution in [3.63, 3.8) is 0 Å². The Balaban J connectivity index is 2.92. The summed E-state index contributed by atoms with van der Waals surface area (Å²) >= 11 is 0. The number of hydrogen-bond donors (Lipinski definition) is 3. The summed E-state index contributed by atoms with van der Waals surface area (Å²) in [6, 6.07) is 0. The molecule has 1 radical (unpaired) electrons. The van der Waals surface area contributed by atoms with Crippen molar-refractivity contribution in [1.29, 1.82) is 0 Å². The molecule has 0 bridgehead atoms. The molecular weight excluding hydrogens is 142 g/mol. The summed E-state index contributed by atoms with van der Waals surface area (Å²) in [6.45, 7) is 0. The first kappa shape index (κ1) is 7.71. The van der Waals surface area contributed by atoms with Crippen LogP contribution in [0.25, 0.3) is 0 Å². The van der Waals surface area contributed by atoms with Crippen LogP contribution in [0.1, 0.15) is 0 Å². The van der Waals surface area contributed by atoms with Crippen LogP contribution in [0.3, 0.4) is 0 Å². The third-order valence-corrected chi connectivity index (χ3v) is 1.35. The van der Waals surface area contributed by atoms with Crippen LogP contribution < -0.4 is 16.1 Å². The van der Waals surface area contributed by atoms with E-state index in [1.54, 1.807) is 7.05 Å². The monoisotopic (exact) mass is 154 g/mol. The summed E-state index contributed by atoms with van der Waals surface area (Å²) in [5.41, 5.74) is 3.68. The molecule has 0 aliphatic heterocycles. The summed E-state index contributed by atoms with van der Waals surface area (Å²) in [7, 11) is 5.42. The van der Waals surface area contributed by atoms with Gasteiger partial charge in [-0.2, -0.15) is 4.79 Å². The molecule has 1 aromatic heterocycles. The van der Waals surface area contributed by atoms with Gasteiger partial charge < -0.3 is 16.1 Å². The molecule has 3 N–H and O–H groups in total. The Bertz CT molecular complexity index is 207. The largest absolute Gasteiger partial charge is 0.383 e. The molecule has 1 rings (SSSR count). The average Bonchev–Trinajstić information content (AvgIpc) is 2.46. The fourth-order valence-electron chi connectivity index (χ4n) is 0.789. The molecule has 61 valence electrons. The highest BCUT2D eigenvalue weighted by molar-refractivity contribution is 5.61. The fourth-order valence-corrected chi connectivity index (χ4v) is 0.789. The van der Waals surface area contributed by atoms with Gasteiger partial charge in [-0.3, -0.25) is 0 Å². The summed E-state index contributed by atoms with van der Waals surface area (Å²) in [5, 5.41) is 9.99. The topological polar surface area (TPSA) is 53.9 Å². The molecule has 0 aliphatic carbocycles. The molecule has 5 nitrogen and oxygen atoms in total. The summed E-state index contributed by atoms with van der Waals surface area (Å²) in [5.74, 6) is 0.779. The number of nitrogens with zero attached hydrogens (tertiary/aromatic N) is 2. The van der Waals surface area contributed by atoms with Crippen molar-refractivity contribution >= 4 is 11.5 Å². The highest BCUT2D eigenvalue weighted by Gasteiger charge is 2.04. The first-order valence-corrected chi connectivity index (χ1v) is 3.37. The lowest BCUT2D eigenvalue weighted by Crippen LogP contribution is -2.09. The van der Waals surface area contributed by atoms with Crippen LogP contribution in [0.15, 0.2) is 0 Å². The van der Waals surface area contributed by atoms with E-state index in [2.05, 4.69) is 27.4 Å². The van der Waals surface area contributed by atoms with Gasteiger partial charge in [-0.05, 0) is 0 Å². The molecule has 0 unspecified atom stereocenters. The Labute approximate surface area is 65.8 Å². The minimum atomic E-state index is 0.779. The van der Waals surface area contributed by atoms with Crippen molar-refractivity contribution in [3.8, 4) is 0 Å². The van der Waals surface area contributed by atoms with Crippen molar-refractivity contribution in [3.05, 3.63) is 6.20 Å². The first-order valence-electron chi connectivity index (χ1n) is 3.37. The van der Waals surface area contributed by atoms with E-state index in [1.165, 1.54) is 4.79 Å². The van der Waals surface area contributed by atoms with Crippen molar-refractivity contribution in [2.75, 3.05) is 37.2 Å². The van der Waals surface area contributed by atoms with Crippen LogP contribution >= 0.6 is 0 Å². The summed E-state index contributed by atoms with van der Waals surface area (Å²) < 4.78 is 0. The molecule has 0 fully saturated rings. The van der Waals surface area contributed by atoms with Crippen LogP contribution in [-0.2, 0) is 0 Å². The molecular formula is C6H12N5. The van der Waals surface area contributed by atoms with E-state index in [0.29, 0.717) is 0 Å². The molecule has 1 heterocycles. The third kappa shape index (κ3) is 1.36. The second-order valence-corrected chi connectivity index (χ2v) is 1.97. The molecule has 0 saturated heterocycles. The minimum absolute atomic E-state index is 0.779. The van der Waals surface area contributed by atoms with E-state index in [9.17, 15) is 0 Å². The zero-order valence-electron chi connectivity index (χ0n) is 6.89. The van der Waals surface area contributed by atoms with Crippen molar-refractivity contribution < 1.29 is 0 Å². The number of anilines is 2. The lowest BCUT2D eigenvalue weighted by atomic mass is 10.5. The Morgan fingerprint density at radius 3 is 2.36 bits per heavy atom. The molecule has 0 amide bonds. The van der Waals surface area contributed by atoms with Gasteiger partial charge in [0.15, 0.2) is 5.82 Å². The Morgan fingerprint density at radius 2 is 2.00 bits per heavy atom. The van der Waals surface area contributed by atoms with Crippen LogP contribution in [-0.4, -0.2) is 31.0 Å². The van der Waals surface area contributed by atoms with E-state index >= 15 is 0 Å². The lowest BCUT2D eigenvalue weighted by molar-refractivity contribution is 0.779. The zero-order valence-corrected chi connectivity index (χ0v) is 6.89. The number of hydrogen-bond acceptors (Lipinski definition) is 4. The van der Waals surface area contributed by atoms with Gasteiger partial charge in [0.2, 0.25) is 0 Å². The molecule has 1 aromatic rings. The second-order valence-electron chi connectivity index (χ2n) is 1.97. The van der Waals surface area contributed by atoms with E-state index in [4.69, 9.17) is 0 Å². The highest BCUT2D eigenvalue weighted by Crippen LogP contribution is 2.15. The number of nitrogens with one attached hydrogen (secondary N) is 3. The van der Waals surface area contributed by atoms with E-state index in [-0.39, 0.29) is 0 Å². The second kappa shape index (κ2) is 3.14. The smallest absolute Gasteiger partial charge is 0.174 e. The van der Waals surface area contributed by atoms with Crippen molar-refractivity contribution in [2.24, 2.45) is 0 Å². The predicted molar refractivity (Wildman–Crippen MR) is 45.4 cm³/mol. The van der Waals surface area contributed by atoms with Crippen LogP contribution in [0.2, 0.25) is 0 Å². The lowest BCUT2D eigenvalue weighted by Gasteiger charge is -1.96. The number of rotatable bonds is 3. The zero-order chi connectivity index (χ0) is 8.27. The van der Waals surface area contributed by atoms with Gasteiger partial charge in [0.25, 0.3) is 0 Å². The molecule has 11 heavy (non-hydrogen) atoms. The van der Waals surface area contributed by atoms with Gasteiger partial charge >= 0.3 is 0 Å². The van der Waals surface area contributed by atoms with Crippen molar-refractivity contribution in [1.82, 2.24) is 9.89 Å². The maximum absolute atomic E-state index is 4.09. The SMILES string of the molecule is CNc1[c]n(NC)nc1NC. The molecule has 0 aliphatic rings. The van der Waals surface area contributed by atoms with Crippen LogP contribution in [0.5, 0.6) is 0 Å². The van der Waals surface area contributed by atoms with E-state index in [0.717, 1.165) is 11.5 Å². The van der Waals surface area contributed by atoms with Gasteiger partial charge in [-0.25, -0.2) is 0 Å². The van der Waals surface area contributed by atoms with E-state index in [1.807, 2.05) is 14.1 Å². The molecule has 0 saturated carbocycles. The van der Waals surface area contributed by atoms with Gasteiger partial charge in [-0.1, -0.05) is 0 Å². The normalized spacial score (nSPS) is 9.36. The molecule has 0 aromatic carbocycles. The Kier molecular flexibility index (Phi) is 2.20. The Morgan fingerprint density at radius 1 is 1.27 bits per heavy atom. The van der Waals surface area contributed by atoms with Crippen LogP contribution in [0, 0.1) is 6.20 Å². The van der Waals surface area contributed by atoms with E-state index < -0.39 is 0 Å². The van der Waals surface area contributed by atoms with Gasteiger partial charge in [-0.15, -0.1) is 5.10 Å². The molecule has 0 atom stereocenters. The standard InChI is InChI=1S/C6H12N5/c1-7-5-4-11(9-3)10-6(5)8-2/h7,9H,1-3H3,(H,8,10). The maximum Gasteiger partial charge on any atom is 0.174 e. The summed E-state index contributed by atoms with van der Waals surface area (Å²) in [4.78, 5) is 1.51. The average molecular weight is 154 g/mol. The van der Waals surface area contributed by atoms with Gasteiger partial charge in [0.1, 0.15) is 11.9 Å². The molecule has 0 spiro atoms. The quantitative estimate of drug-likeness (QED) is 0.571. The van der Waals surface area contributed by atoms with Gasteiger partial charge in [0, 0.05) is 21.1 Å². The minimum Gasteiger partial charge on any atom is -0.383 e. The highest BCUT2D eigenvalue weighted by atomic mass is 15.6. The predicted octanol–water partition coefficient (Wildman–Crippen LogP) is -0.0600. The number of aromatic nitrogens is 2. The molecule has 5 heteroatoms. The fraction of sp³-hybridized carbons (Fsp3) is 0.500. The van der Waals surface area contributed by atoms with Gasteiger partial charge in [0.05, 0.1) is 0 Å². The first-order chi connectivity index (χ1) is 5.31. The van der Waals surface area contributed by atoms with Crippen molar-refractivity contribution in [2.45, 2.75) is 0 Å². The summed E-state index contributed by atoms with van der Waals surface area (Å²) in [6.07, 6.45) is 2.95. The van der Waals surface area contributed by atoms with Crippen LogP contribution in [0.4, 0.5) is 11.5 Å². The maximum atomic E-state index is 4.09.